The first kappa shape index (κ1) is 9.12. The van der Waals surface area contributed by atoms with E-state index in [1.54, 1.807) is 0 Å². The lowest BCUT2D eigenvalue weighted by molar-refractivity contribution is 0.286. The van der Waals surface area contributed by atoms with Crippen molar-refractivity contribution in [2.24, 2.45) is 0 Å². The third-order valence-electron chi connectivity index (χ3n) is 0.624. The number of hydrazine groups is 2. The topological polar surface area (TPSA) is 61.4 Å². The Balaban J connectivity index is 4.14. The van der Waals surface area contributed by atoms with Crippen molar-refractivity contribution in [2.45, 2.75) is 0 Å². The van der Waals surface area contributed by atoms with Crippen molar-refractivity contribution >= 4 is 19.9 Å². The molecule has 0 saturated heterocycles. The standard InChI is InChI=1S/C2H8ClN3O2S/c1-4-6(5-2)9(3,7)8/h4-5H,1-2H3. The monoisotopic (exact) mass is 173 g/mol. The average molecular weight is 174 g/mol. The van der Waals surface area contributed by atoms with Gasteiger partial charge in [-0.15, -0.1) is 0 Å². The molecule has 0 saturated carbocycles. The molecule has 0 aliphatic heterocycles. The summed E-state index contributed by atoms with van der Waals surface area (Å²) < 4.78 is 21.4. The summed E-state index contributed by atoms with van der Waals surface area (Å²) >= 11 is 0. The summed E-state index contributed by atoms with van der Waals surface area (Å²) in [6.45, 7) is 0. The Bertz CT molecular complexity index is 163. The van der Waals surface area contributed by atoms with Gasteiger partial charge < -0.3 is 0 Å². The zero-order chi connectivity index (χ0) is 7.49. The molecular formula is C2H8ClN3O2S. The SMILES string of the molecule is CNN(NC)S(=O)(=O)Cl. The molecule has 7 heteroatoms. The van der Waals surface area contributed by atoms with E-state index in [0.717, 1.165) is 0 Å². The quantitative estimate of drug-likeness (QED) is 0.427. The van der Waals surface area contributed by atoms with E-state index >= 15 is 0 Å². The second-order valence-corrected chi connectivity index (χ2v) is 3.51. The van der Waals surface area contributed by atoms with Crippen molar-refractivity contribution in [1.29, 1.82) is 0 Å². The minimum atomic E-state index is -3.68. The number of nitrogens with zero attached hydrogens (tertiary/aromatic N) is 1. The van der Waals surface area contributed by atoms with Crippen LogP contribution in [0.3, 0.4) is 0 Å². The van der Waals surface area contributed by atoms with Gasteiger partial charge in [0, 0.05) is 24.8 Å². The second kappa shape index (κ2) is 3.33. The van der Waals surface area contributed by atoms with Gasteiger partial charge in [-0.2, -0.15) is 8.42 Å². The summed E-state index contributed by atoms with van der Waals surface area (Å²) in [4.78, 5) is 0. The van der Waals surface area contributed by atoms with Crippen LogP contribution in [-0.2, 0) is 9.24 Å². The highest BCUT2D eigenvalue weighted by molar-refractivity contribution is 8.11. The van der Waals surface area contributed by atoms with Crippen molar-refractivity contribution in [2.75, 3.05) is 14.1 Å². The van der Waals surface area contributed by atoms with Gasteiger partial charge >= 0.3 is 9.24 Å². The van der Waals surface area contributed by atoms with Gasteiger partial charge in [-0.25, -0.2) is 10.9 Å². The Labute approximate surface area is 58.5 Å². The van der Waals surface area contributed by atoms with E-state index in [4.69, 9.17) is 10.7 Å². The first-order valence-corrected chi connectivity index (χ1v) is 4.38. The first-order chi connectivity index (χ1) is 4.02. The summed E-state index contributed by atoms with van der Waals surface area (Å²) in [5.41, 5.74) is 4.59. The molecule has 0 rings (SSSR count). The Morgan fingerprint density at radius 3 is 1.67 bits per heavy atom. The number of hydrogen-bond acceptors (Lipinski definition) is 4. The van der Waals surface area contributed by atoms with Gasteiger partial charge in [0.15, 0.2) is 0 Å². The molecule has 0 aromatic carbocycles. The van der Waals surface area contributed by atoms with Gasteiger partial charge in [0.1, 0.15) is 0 Å². The van der Waals surface area contributed by atoms with Gasteiger partial charge in [0.05, 0.1) is 0 Å². The lowest BCUT2D eigenvalue weighted by atomic mass is 11.4. The van der Waals surface area contributed by atoms with Gasteiger partial charge in [-0.1, -0.05) is 4.52 Å². The van der Waals surface area contributed by atoms with Crippen molar-refractivity contribution in [3.63, 3.8) is 0 Å². The normalized spacial score (nSPS) is 12.4. The highest BCUT2D eigenvalue weighted by Crippen LogP contribution is 1.96. The van der Waals surface area contributed by atoms with Gasteiger partial charge in [0.2, 0.25) is 0 Å². The second-order valence-electron chi connectivity index (χ2n) is 1.15. The van der Waals surface area contributed by atoms with Crippen LogP contribution in [0.15, 0.2) is 0 Å². The fourth-order valence-corrected chi connectivity index (χ4v) is 1.18. The largest absolute Gasteiger partial charge is 0.326 e. The van der Waals surface area contributed by atoms with Crippen molar-refractivity contribution in [3.05, 3.63) is 0 Å². The zero-order valence-electron chi connectivity index (χ0n) is 5.05. The summed E-state index contributed by atoms with van der Waals surface area (Å²) in [5, 5.41) is 0. The summed E-state index contributed by atoms with van der Waals surface area (Å²) in [5.74, 6) is 0. The molecule has 0 fully saturated rings. The minimum absolute atomic E-state index is 0.675. The fourth-order valence-electron chi connectivity index (χ4n) is 0.330. The van der Waals surface area contributed by atoms with Crippen LogP contribution < -0.4 is 10.9 Å². The summed E-state index contributed by atoms with van der Waals surface area (Å²) in [7, 11) is 4.04. The van der Waals surface area contributed by atoms with Gasteiger partial charge in [0.25, 0.3) is 0 Å². The molecule has 0 atom stereocenters. The van der Waals surface area contributed by atoms with Crippen LogP contribution in [0.2, 0.25) is 0 Å². The Morgan fingerprint density at radius 2 is 1.67 bits per heavy atom. The van der Waals surface area contributed by atoms with Crippen LogP contribution in [0, 0.1) is 0 Å². The average Bonchev–Trinajstić information content (AvgIpc) is 1.65. The Kier molecular flexibility index (Phi) is 3.37. The number of nitrogens with one attached hydrogen (secondary N) is 2. The van der Waals surface area contributed by atoms with E-state index in [2.05, 4.69) is 10.9 Å². The molecule has 0 aliphatic rings. The van der Waals surface area contributed by atoms with Crippen LogP contribution in [0.1, 0.15) is 0 Å². The molecule has 2 N–H and O–H groups in total. The molecule has 0 amide bonds. The van der Waals surface area contributed by atoms with Crippen LogP contribution in [0.5, 0.6) is 0 Å². The molecule has 0 spiro atoms. The van der Waals surface area contributed by atoms with Gasteiger partial charge in [-0.05, 0) is 0 Å². The maximum absolute atomic E-state index is 10.4. The lowest BCUT2D eigenvalue weighted by Crippen LogP contribution is -2.45. The molecule has 9 heavy (non-hydrogen) atoms. The molecule has 0 aromatic heterocycles. The van der Waals surface area contributed by atoms with E-state index in [1.165, 1.54) is 14.1 Å². The third-order valence-corrected chi connectivity index (χ3v) is 1.84. The highest BCUT2D eigenvalue weighted by atomic mass is 35.7. The molecule has 0 heterocycles. The van der Waals surface area contributed by atoms with Crippen LogP contribution in [-0.4, -0.2) is 27.0 Å². The van der Waals surface area contributed by atoms with Crippen molar-refractivity contribution < 1.29 is 8.42 Å². The first-order valence-electron chi connectivity index (χ1n) is 2.12. The summed E-state index contributed by atoms with van der Waals surface area (Å²) in [6, 6.07) is 0. The maximum atomic E-state index is 10.4. The Hall–Kier alpha value is 0.120. The van der Waals surface area contributed by atoms with Crippen molar-refractivity contribution in [3.8, 4) is 0 Å². The molecule has 0 aromatic rings. The predicted molar refractivity (Wildman–Crippen MR) is 34.7 cm³/mol. The van der Waals surface area contributed by atoms with E-state index in [9.17, 15) is 8.42 Å². The predicted octanol–water partition coefficient (Wildman–Crippen LogP) is -0.959. The van der Waals surface area contributed by atoms with E-state index in [1.807, 2.05) is 0 Å². The molecule has 0 unspecified atom stereocenters. The molecule has 0 radical (unpaired) electrons. The van der Waals surface area contributed by atoms with Crippen LogP contribution in [0.25, 0.3) is 0 Å². The number of hydrogen-bond donors (Lipinski definition) is 2. The van der Waals surface area contributed by atoms with Crippen molar-refractivity contribution in [1.82, 2.24) is 15.4 Å². The number of halogens is 1. The molecule has 0 aliphatic carbocycles. The third kappa shape index (κ3) is 2.97. The van der Waals surface area contributed by atoms with Crippen LogP contribution >= 0.6 is 10.7 Å². The molecule has 0 bridgehead atoms. The van der Waals surface area contributed by atoms with Crippen LogP contribution in [0.4, 0.5) is 0 Å². The lowest BCUT2D eigenvalue weighted by Gasteiger charge is -2.13. The maximum Gasteiger partial charge on any atom is 0.326 e. The number of rotatable bonds is 3. The zero-order valence-corrected chi connectivity index (χ0v) is 6.62. The Morgan fingerprint density at radius 1 is 1.33 bits per heavy atom. The molecule has 5 nitrogen and oxygen atoms in total. The highest BCUT2D eigenvalue weighted by Gasteiger charge is 2.13. The molecular weight excluding hydrogens is 166 g/mol. The summed E-state index contributed by atoms with van der Waals surface area (Å²) in [6.07, 6.45) is 0. The molecule has 56 valence electrons. The van der Waals surface area contributed by atoms with E-state index in [0.29, 0.717) is 4.52 Å². The van der Waals surface area contributed by atoms with Gasteiger partial charge in [-0.3, -0.25) is 0 Å². The minimum Gasteiger partial charge on any atom is -0.229 e. The van der Waals surface area contributed by atoms with E-state index in [-0.39, 0.29) is 0 Å². The fraction of sp³-hybridized carbons (Fsp3) is 1.00. The van der Waals surface area contributed by atoms with E-state index < -0.39 is 9.24 Å². The smallest absolute Gasteiger partial charge is 0.229 e.